The van der Waals surface area contributed by atoms with Gasteiger partial charge in [0.1, 0.15) is 11.8 Å². The molecule has 0 amide bonds. The van der Waals surface area contributed by atoms with E-state index in [1.807, 2.05) is 24.3 Å². The Labute approximate surface area is 136 Å². The largest absolute Gasteiger partial charge is 0.496 e. The molecule has 0 aliphatic rings. The van der Waals surface area contributed by atoms with Gasteiger partial charge in [0.15, 0.2) is 0 Å². The number of nitriles is 1. The van der Waals surface area contributed by atoms with Crippen LogP contribution in [0.1, 0.15) is 5.56 Å². The van der Waals surface area contributed by atoms with Gasteiger partial charge in [-0.1, -0.05) is 53.0 Å². The number of hydrogen-bond donors (Lipinski definition) is 0. The Bertz CT molecular complexity index is 658. The van der Waals surface area contributed by atoms with Gasteiger partial charge in [0, 0.05) is 35.5 Å². The van der Waals surface area contributed by atoms with Crippen LogP contribution >= 0.6 is 46.8 Å². The predicted octanol–water partition coefficient (Wildman–Crippen LogP) is 4.86. The van der Waals surface area contributed by atoms with Crippen molar-refractivity contribution in [3.63, 3.8) is 0 Å². The maximum Gasteiger partial charge on any atom is 0.256 e. The van der Waals surface area contributed by atoms with E-state index in [9.17, 15) is 5.26 Å². The number of ether oxygens (including phenoxy) is 1. The van der Waals surface area contributed by atoms with Crippen LogP contribution in [-0.2, 0) is 0 Å². The van der Waals surface area contributed by atoms with Crippen LogP contribution in [0.4, 0.5) is 0 Å². The van der Waals surface area contributed by atoms with Gasteiger partial charge in [-0.2, -0.15) is 5.26 Å². The number of rotatable bonds is 3. The van der Waals surface area contributed by atoms with Crippen molar-refractivity contribution < 1.29 is 4.74 Å². The summed E-state index contributed by atoms with van der Waals surface area (Å²) in [5, 5.41) is 9.24. The number of halogens is 3. The number of alkyl halides is 3. The summed E-state index contributed by atoms with van der Waals surface area (Å²) >= 11 is 18.2. The molecule has 1 aromatic carbocycles. The van der Waals surface area contributed by atoms with Crippen LogP contribution in [0.15, 0.2) is 36.7 Å². The molecule has 0 radical (unpaired) electrons. The fraction of sp³-hybridized carbons (Fsp3) is 0.154. The smallest absolute Gasteiger partial charge is 0.256 e. The highest BCUT2D eigenvalue weighted by Gasteiger charge is 2.23. The van der Waals surface area contributed by atoms with Crippen molar-refractivity contribution >= 4 is 46.8 Å². The molecule has 20 heavy (non-hydrogen) atoms. The topological polar surface area (TPSA) is 38.0 Å². The monoisotopic (exact) mass is 346 g/mol. The van der Waals surface area contributed by atoms with Gasteiger partial charge < -0.3 is 4.74 Å². The first-order chi connectivity index (χ1) is 9.44. The Hall–Kier alpha value is -0.990. The summed E-state index contributed by atoms with van der Waals surface area (Å²) in [4.78, 5) is 0. The van der Waals surface area contributed by atoms with Crippen LogP contribution in [-0.4, -0.2) is 14.2 Å². The summed E-state index contributed by atoms with van der Waals surface area (Å²) in [6, 6.07) is 9.57. The van der Waals surface area contributed by atoms with E-state index in [0.29, 0.717) is 11.3 Å². The number of methoxy groups -OCH3 is 1. The molecule has 0 bridgehead atoms. The Morgan fingerprint density at radius 1 is 1.20 bits per heavy atom. The van der Waals surface area contributed by atoms with E-state index >= 15 is 0 Å². The maximum absolute atomic E-state index is 9.24. The molecule has 0 N–H and O–H groups in total. The molecule has 0 fully saturated rings. The van der Waals surface area contributed by atoms with Gasteiger partial charge in [0.05, 0.1) is 12.7 Å². The van der Waals surface area contributed by atoms with Crippen LogP contribution in [0.5, 0.6) is 5.75 Å². The lowest BCUT2D eigenvalue weighted by atomic mass is 10.0. The molecule has 2 aromatic rings. The fourth-order valence-corrected chi connectivity index (χ4v) is 3.05. The van der Waals surface area contributed by atoms with Crippen molar-refractivity contribution in [1.29, 1.82) is 5.26 Å². The molecule has 0 saturated heterocycles. The second kappa shape index (κ2) is 6.19. The van der Waals surface area contributed by atoms with E-state index in [2.05, 4.69) is 6.07 Å². The SMILES string of the molecule is COc1ccccc1-c1cn(SC(Cl)(Cl)Cl)cc1C#N. The van der Waals surface area contributed by atoms with Gasteiger partial charge in [0.2, 0.25) is 0 Å². The normalized spacial score (nSPS) is 11.2. The van der Waals surface area contributed by atoms with Crippen LogP contribution in [0.3, 0.4) is 0 Å². The second-order valence-corrected chi connectivity index (χ2v) is 7.96. The maximum atomic E-state index is 9.24. The minimum absolute atomic E-state index is 0.483. The van der Waals surface area contributed by atoms with E-state index in [1.54, 1.807) is 23.5 Å². The van der Waals surface area contributed by atoms with Gasteiger partial charge in [-0.15, -0.1) is 0 Å². The molecule has 0 unspecified atom stereocenters. The third kappa shape index (κ3) is 3.56. The lowest BCUT2D eigenvalue weighted by Gasteiger charge is -2.09. The molecular formula is C13H9Cl3N2OS. The Kier molecular flexibility index (Phi) is 4.77. The van der Waals surface area contributed by atoms with Crippen molar-refractivity contribution in [3.8, 4) is 22.9 Å². The lowest BCUT2D eigenvalue weighted by Crippen LogP contribution is -1.97. The van der Waals surface area contributed by atoms with Crippen molar-refractivity contribution in [3.05, 3.63) is 42.2 Å². The highest BCUT2D eigenvalue weighted by atomic mass is 35.6. The molecular weight excluding hydrogens is 339 g/mol. The highest BCUT2D eigenvalue weighted by molar-refractivity contribution is 8.03. The zero-order valence-electron chi connectivity index (χ0n) is 10.3. The molecule has 104 valence electrons. The van der Waals surface area contributed by atoms with Crippen molar-refractivity contribution in [2.45, 2.75) is 3.12 Å². The van der Waals surface area contributed by atoms with E-state index < -0.39 is 3.12 Å². The molecule has 0 spiro atoms. The third-order valence-corrected chi connectivity index (χ3v) is 3.78. The number of hydrogen-bond acceptors (Lipinski definition) is 3. The molecule has 7 heteroatoms. The number of benzene rings is 1. The highest BCUT2D eigenvalue weighted by Crippen LogP contribution is 2.41. The second-order valence-electron chi connectivity index (χ2n) is 3.79. The zero-order valence-corrected chi connectivity index (χ0v) is 13.4. The molecule has 0 atom stereocenters. The zero-order chi connectivity index (χ0) is 14.8. The van der Waals surface area contributed by atoms with Gasteiger partial charge in [0.25, 0.3) is 3.12 Å². The Morgan fingerprint density at radius 3 is 2.50 bits per heavy atom. The average molecular weight is 348 g/mol. The summed E-state index contributed by atoms with van der Waals surface area (Å²) in [5.74, 6) is 0.681. The van der Waals surface area contributed by atoms with Crippen LogP contribution < -0.4 is 4.74 Å². The third-order valence-electron chi connectivity index (χ3n) is 2.53. The molecule has 0 aliphatic heterocycles. The fourth-order valence-electron chi connectivity index (χ4n) is 1.77. The average Bonchev–Trinajstić information content (AvgIpc) is 2.79. The van der Waals surface area contributed by atoms with Gasteiger partial charge in [-0.3, -0.25) is 3.97 Å². The summed E-state index contributed by atoms with van der Waals surface area (Å²) in [7, 11) is 1.58. The minimum Gasteiger partial charge on any atom is -0.496 e. The van der Waals surface area contributed by atoms with Crippen LogP contribution in [0.25, 0.3) is 11.1 Å². The molecule has 0 aliphatic carbocycles. The molecule has 2 rings (SSSR count). The molecule has 1 heterocycles. The summed E-state index contributed by atoms with van der Waals surface area (Å²) < 4.78 is 5.41. The van der Waals surface area contributed by atoms with Crippen LogP contribution in [0.2, 0.25) is 0 Å². The van der Waals surface area contributed by atoms with Gasteiger partial charge >= 0.3 is 0 Å². The standard InChI is InChI=1S/C13H9Cl3N2OS/c1-19-12-5-3-2-4-10(12)11-8-18(7-9(11)6-17)20-13(14,15)16/h2-5,7-8H,1H3. The van der Waals surface area contributed by atoms with Crippen molar-refractivity contribution in [1.82, 2.24) is 3.97 Å². The first-order valence-corrected chi connectivity index (χ1v) is 7.37. The Morgan fingerprint density at radius 2 is 1.90 bits per heavy atom. The molecule has 1 aromatic heterocycles. The quantitative estimate of drug-likeness (QED) is 0.744. The lowest BCUT2D eigenvalue weighted by molar-refractivity contribution is 0.416. The van der Waals surface area contributed by atoms with E-state index in [1.165, 1.54) is 0 Å². The number of nitrogens with zero attached hydrogens (tertiary/aromatic N) is 2. The van der Waals surface area contributed by atoms with Crippen LogP contribution in [0, 0.1) is 11.3 Å². The van der Waals surface area contributed by atoms with E-state index in [4.69, 9.17) is 39.5 Å². The first kappa shape index (κ1) is 15.4. The predicted molar refractivity (Wildman–Crippen MR) is 84.4 cm³/mol. The van der Waals surface area contributed by atoms with Gasteiger partial charge in [-0.25, -0.2) is 0 Å². The minimum atomic E-state index is -1.50. The summed E-state index contributed by atoms with van der Waals surface area (Å²) in [6.45, 7) is 0. The van der Waals surface area contributed by atoms with E-state index in [0.717, 1.165) is 23.1 Å². The summed E-state index contributed by atoms with van der Waals surface area (Å²) in [5.41, 5.74) is 2.03. The van der Waals surface area contributed by atoms with Crippen molar-refractivity contribution in [2.75, 3.05) is 7.11 Å². The number of aromatic nitrogens is 1. The van der Waals surface area contributed by atoms with Gasteiger partial charge in [-0.05, 0) is 6.07 Å². The molecule has 0 saturated carbocycles. The first-order valence-electron chi connectivity index (χ1n) is 5.46. The Balaban J connectivity index is 2.49. The van der Waals surface area contributed by atoms with Crippen molar-refractivity contribution in [2.24, 2.45) is 0 Å². The number of para-hydroxylation sites is 1. The summed E-state index contributed by atoms with van der Waals surface area (Å²) in [6.07, 6.45) is 3.36. The molecule has 3 nitrogen and oxygen atoms in total. The van der Waals surface area contributed by atoms with E-state index in [-0.39, 0.29) is 0 Å².